The second-order valence-electron chi connectivity index (χ2n) is 7.18. The van der Waals surface area contributed by atoms with Crippen LogP contribution in [0.15, 0.2) is 24.8 Å². The van der Waals surface area contributed by atoms with E-state index in [2.05, 4.69) is 25.8 Å². The number of rotatable bonds is 7. The number of imidazole rings is 1. The first-order chi connectivity index (χ1) is 12.3. The minimum atomic E-state index is 0.335. The highest BCUT2D eigenvalue weighted by atomic mass is 15.3. The van der Waals surface area contributed by atoms with Crippen molar-refractivity contribution in [3.63, 3.8) is 0 Å². The molecule has 1 aliphatic heterocycles. The van der Waals surface area contributed by atoms with Gasteiger partial charge in [0.1, 0.15) is 5.82 Å². The molecule has 0 unspecified atom stereocenters. The molecule has 2 aliphatic rings. The van der Waals surface area contributed by atoms with Crippen LogP contribution in [-0.2, 0) is 6.54 Å². The van der Waals surface area contributed by atoms with E-state index in [-0.39, 0.29) is 0 Å². The average Bonchev–Trinajstić information content (AvgIpc) is 3.29. The average molecular weight is 341 g/mol. The molecule has 0 bridgehead atoms. The third kappa shape index (κ3) is 3.92. The molecule has 2 aromatic heterocycles. The zero-order chi connectivity index (χ0) is 17.1. The van der Waals surface area contributed by atoms with Crippen LogP contribution in [0.25, 0.3) is 0 Å². The molecule has 2 fully saturated rings. The van der Waals surface area contributed by atoms with Crippen LogP contribution < -0.4 is 16.0 Å². The fourth-order valence-electron chi connectivity index (χ4n) is 3.61. The van der Waals surface area contributed by atoms with Gasteiger partial charge in [-0.1, -0.05) is 0 Å². The second kappa shape index (κ2) is 7.39. The van der Waals surface area contributed by atoms with Crippen LogP contribution in [0.1, 0.15) is 43.7 Å². The number of hydrogen-bond donors (Lipinski definition) is 2. The van der Waals surface area contributed by atoms with Crippen LogP contribution in [0.3, 0.4) is 0 Å². The lowest BCUT2D eigenvalue weighted by atomic mass is 9.78. The molecule has 25 heavy (non-hydrogen) atoms. The normalized spacial score (nSPS) is 22.8. The van der Waals surface area contributed by atoms with Crippen LogP contribution in [0.5, 0.6) is 0 Å². The van der Waals surface area contributed by atoms with Crippen LogP contribution in [-0.4, -0.2) is 45.2 Å². The quantitative estimate of drug-likeness (QED) is 0.749. The maximum atomic E-state index is 5.97. The summed E-state index contributed by atoms with van der Waals surface area (Å²) < 4.78 is 2.10. The number of anilines is 2. The predicted molar refractivity (Wildman–Crippen MR) is 98.8 cm³/mol. The summed E-state index contributed by atoms with van der Waals surface area (Å²) in [7, 11) is 0. The van der Waals surface area contributed by atoms with Gasteiger partial charge in [-0.05, 0) is 32.1 Å². The van der Waals surface area contributed by atoms with Gasteiger partial charge in [-0.25, -0.2) is 9.97 Å². The molecule has 4 rings (SSSR count). The molecule has 0 radical (unpaired) electrons. The Balaban J connectivity index is 1.41. The predicted octanol–water partition coefficient (Wildman–Crippen LogP) is 1.98. The first kappa shape index (κ1) is 16.3. The number of hydrogen-bond acceptors (Lipinski definition) is 6. The van der Waals surface area contributed by atoms with Gasteiger partial charge >= 0.3 is 0 Å². The van der Waals surface area contributed by atoms with Crippen LogP contribution >= 0.6 is 0 Å². The Bertz CT molecular complexity index is 673. The van der Waals surface area contributed by atoms with Gasteiger partial charge in [-0.15, -0.1) is 0 Å². The molecular formula is C18H27N7. The van der Waals surface area contributed by atoms with Gasteiger partial charge in [0.25, 0.3) is 0 Å². The first-order valence-corrected chi connectivity index (χ1v) is 9.37. The lowest BCUT2D eigenvalue weighted by Gasteiger charge is -2.32. The van der Waals surface area contributed by atoms with Crippen molar-refractivity contribution < 1.29 is 0 Å². The Hall–Kier alpha value is -2.15. The highest BCUT2D eigenvalue weighted by Crippen LogP contribution is 2.36. The summed E-state index contributed by atoms with van der Waals surface area (Å²) in [6.07, 6.45) is 11.2. The van der Waals surface area contributed by atoms with Crippen molar-refractivity contribution >= 4 is 11.8 Å². The second-order valence-corrected chi connectivity index (χ2v) is 7.18. The molecule has 0 spiro atoms. The Morgan fingerprint density at radius 3 is 2.76 bits per heavy atom. The Kier molecular flexibility index (Phi) is 4.83. The van der Waals surface area contributed by atoms with Gasteiger partial charge in [-0.3, -0.25) is 0 Å². The molecule has 0 amide bonds. The third-order valence-corrected chi connectivity index (χ3v) is 5.17. The standard InChI is InChI=1S/C18H27N7/c19-15-10-14(11-15)16-12-17(21-4-3-6-24-9-5-20-13-24)23-18(22-16)25-7-1-2-8-25/h5,9,12-15H,1-4,6-8,10-11,19H2,(H,21,22,23). The van der Waals surface area contributed by atoms with Crippen LogP contribution in [0, 0.1) is 0 Å². The van der Waals surface area contributed by atoms with E-state index in [4.69, 9.17) is 15.7 Å². The van der Waals surface area contributed by atoms with E-state index in [0.29, 0.717) is 12.0 Å². The summed E-state index contributed by atoms with van der Waals surface area (Å²) in [6.45, 7) is 3.97. The molecule has 2 aromatic rings. The minimum absolute atomic E-state index is 0.335. The van der Waals surface area contributed by atoms with Gasteiger partial charge in [-0.2, -0.15) is 4.98 Å². The van der Waals surface area contributed by atoms with Gasteiger partial charge in [0.05, 0.1) is 12.0 Å². The topological polar surface area (TPSA) is 84.9 Å². The summed E-state index contributed by atoms with van der Waals surface area (Å²) >= 11 is 0. The molecule has 0 aromatic carbocycles. The number of nitrogens with two attached hydrogens (primary N) is 1. The van der Waals surface area contributed by atoms with E-state index < -0.39 is 0 Å². The minimum Gasteiger partial charge on any atom is -0.370 e. The highest BCUT2D eigenvalue weighted by Gasteiger charge is 2.30. The Labute approximate surface area is 148 Å². The van der Waals surface area contributed by atoms with E-state index in [1.165, 1.54) is 12.8 Å². The van der Waals surface area contributed by atoms with Gasteiger partial charge in [0.2, 0.25) is 5.95 Å². The fourth-order valence-corrected chi connectivity index (χ4v) is 3.61. The largest absolute Gasteiger partial charge is 0.370 e. The van der Waals surface area contributed by atoms with Crippen molar-refractivity contribution in [3.8, 4) is 0 Å². The SMILES string of the molecule is NC1CC(c2cc(NCCCn3ccnc3)nc(N3CCCC3)n2)C1. The third-order valence-electron chi connectivity index (χ3n) is 5.17. The Morgan fingerprint density at radius 1 is 1.20 bits per heavy atom. The summed E-state index contributed by atoms with van der Waals surface area (Å²) in [5.74, 6) is 2.32. The van der Waals surface area contributed by atoms with Gasteiger partial charge in [0, 0.05) is 56.6 Å². The van der Waals surface area contributed by atoms with E-state index in [0.717, 1.165) is 62.9 Å². The summed E-state index contributed by atoms with van der Waals surface area (Å²) in [6, 6.07) is 2.45. The Morgan fingerprint density at radius 2 is 2.04 bits per heavy atom. The molecule has 7 heteroatoms. The smallest absolute Gasteiger partial charge is 0.227 e. The summed E-state index contributed by atoms with van der Waals surface area (Å²) in [5, 5.41) is 3.48. The molecule has 3 N–H and O–H groups in total. The molecular weight excluding hydrogens is 314 g/mol. The van der Waals surface area contributed by atoms with Crippen molar-refractivity contribution in [2.75, 3.05) is 29.9 Å². The number of nitrogens with zero attached hydrogens (tertiary/aromatic N) is 5. The van der Waals surface area contributed by atoms with E-state index in [1.54, 1.807) is 0 Å². The van der Waals surface area contributed by atoms with Gasteiger partial charge < -0.3 is 20.5 Å². The molecule has 3 heterocycles. The van der Waals surface area contributed by atoms with E-state index in [1.807, 2.05) is 18.7 Å². The van der Waals surface area contributed by atoms with E-state index in [9.17, 15) is 0 Å². The fraction of sp³-hybridized carbons (Fsp3) is 0.611. The maximum absolute atomic E-state index is 5.97. The van der Waals surface area contributed by atoms with Gasteiger partial charge in [0.15, 0.2) is 0 Å². The zero-order valence-electron chi connectivity index (χ0n) is 14.6. The summed E-state index contributed by atoms with van der Waals surface area (Å²) in [4.78, 5) is 16.0. The molecule has 7 nitrogen and oxygen atoms in total. The van der Waals surface area contributed by atoms with Crippen molar-refractivity contribution in [3.05, 3.63) is 30.5 Å². The first-order valence-electron chi connectivity index (χ1n) is 9.37. The molecule has 1 saturated carbocycles. The lowest BCUT2D eigenvalue weighted by molar-refractivity contribution is 0.345. The van der Waals surface area contributed by atoms with Crippen LogP contribution in [0.2, 0.25) is 0 Å². The van der Waals surface area contributed by atoms with Crippen molar-refractivity contribution in [1.82, 2.24) is 19.5 Å². The summed E-state index contributed by atoms with van der Waals surface area (Å²) in [5.41, 5.74) is 7.12. The molecule has 0 atom stereocenters. The van der Waals surface area contributed by atoms with Crippen LogP contribution in [0.4, 0.5) is 11.8 Å². The highest BCUT2D eigenvalue weighted by molar-refractivity contribution is 5.45. The molecule has 134 valence electrons. The number of nitrogens with one attached hydrogen (secondary N) is 1. The number of aromatic nitrogens is 4. The lowest BCUT2D eigenvalue weighted by Crippen LogP contribution is -2.35. The molecule has 1 aliphatic carbocycles. The maximum Gasteiger partial charge on any atom is 0.227 e. The van der Waals surface area contributed by atoms with E-state index >= 15 is 0 Å². The zero-order valence-corrected chi connectivity index (χ0v) is 14.6. The molecule has 1 saturated heterocycles. The van der Waals surface area contributed by atoms with Crippen molar-refractivity contribution in [1.29, 1.82) is 0 Å². The van der Waals surface area contributed by atoms with Crippen molar-refractivity contribution in [2.24, 2.45) is 5.73 Å². The number of aryl methyl sites for hydroxylation is 1. The van der Waals surface area contributed by atoms with Crippen molar-refractivity contribution in [2.45, 2.75) is 50.6 Å². The monoisotopic (exact) mass is 341 g/mol.